The van der Waals surface area contributed by atoms with Gasteiger partial charge in [0.05, 0.1) is 0 Å². The molecule has 0 fully saturated rings. The fraction of sp³-hybridized carbons (Fsp3) is 0.273. The Balaban J connectivity index is 2.55. The summed E-state index contributed by atoms with van der Waals surface area (Å²) in [4.78, 5) is 0. The molecule has 1 aromatic rings. The van der Waals surface area contributed by atoms with Crippen LogP contribution < -0.4 is 0 Å². The van der Waals surface area contributed by atoms with Crippen molar-refractivity contribution in [2.45, 2.75) is 19.8 Å². The van der Waals surface area contributed by atoms with Gasteiger partial charge in [-0.1, -0.05) is 41.1 Å². The Morgan fingerprint density at radius 3 is 3.00 bits per heavy atom. The van der Waals surface area contributed by atoms with E-state index in [-0.39, 0.29) is 0 Å². The fourth-order valence-corrected chi connectivity index (χ4v) is 2.27. The second-order valence-corrected chi connectivity index (χ2v) is 3.96. The topological polar surface area (TPSA) is 0 Å². The molecule has 1 heteroatoms. The van der Waals surface area contributed by atoms with Gasteiger partial charge in [-0.15, -0.1) is 0 Å². The summed E-state index contributed by atoms with van der Waals surface area (Å²) in [6, 6.07) is 4.52. The third-order valence-corrected chi connectivity index (χ3v) is 3.06. The molecule has 0 saturated carbocycles. The molecule has 0 aliphatic heterocycles. The molecule has 1 aliphatic rings. The van der Waals surface area contributed by atoms with E-state index in [4.69, 9.17) is 0 Å². The zero-order valence-corrected chi connectivity index (χ0v) is 8.69. The van der Waals surface area contributed by atoms with Gasteiger partial charge in [-0.3, -0.25) is 0 Å². The van der Waals surface area contributed by atoms with Gasteiger partial charge < -0.3 is 0 Å². The zero-order valence-electron chi connectivity index (χ0n) is 7.10. The Kier molecular flexibility index (Phi) is 2.05. The van der Waals surface area contributed by atoms with Gasteiger partial charge in [0, 0.05) is 4.47 Å². The van der Waals surface area contributed by atoms with E-state index in [0.717, 1.165) is 12.8 Å². The van der Waals surface area contributed by atoms with Crippen LogP contribution in [0.15, 0.2) is 22.7 Å². The lowest BCUT2D eigenvalue weighted by molar-refractivity contribution is 1.12. The molecule has 2 rings (SSSR count). The van der Waals surface area contributed by atoms with E-state index in [9.17, 15) is 0 Å². The standard InChI is InChI=1S/C11H11Br/c1-2-8-6-9-4-3-5-10(9)7-11(8)12/h3-4,6-7H,2,5H2,1H3. The van der Waals surface area contributed by atoms with Crippen molar-refractivity contribution in [2.24, 2.45) is 0 Å². The molecule has 62 valence electrons. The Morgan fingerprint density at radius 1 is 1.42 bits per heavy atom. The van der Waals surface area contributed by atoms with Crippen LogP contribution in [0, 0.1) is 0 Å². The number of fused-ring (bicyclic) bond motifs is 1. The van der Waals surface area contributed by atoms with E-state index >= 15 is 0 Å². The summed E-state index contributed by atoms with van der Waals surface area (Å²) < 4.78 is 1.26. The number of benzene rings is 1. The summed E-state index contributed by atoms with van der Waals surface area (Å²) >= 11 is 3.58. The lowest BCUT2D eigenvalue weighted by atomic mass is 10.0. The first kappa shape index (κ1) is 8.06. The van der Waals surface area contributed by atoms with E-state index in [1.165, 1.54) is 21.2 Å². The van der Waals surface area contributed by atoms with Gasteiger partial charge in [0.25, 0.3) is 0 Å². The van der Waals surface area contributed by atoms with Gasteiger partial charge in [0.1, 0.15) is 0 Å². The molecule has 0 unspecified atom stereocenters. The smallest absolute Gasteiger partial charge is 0.0210 e. The molecule has 0 aromatic heterocycles. The summed E-state index contributed by atoms with van der Waals surface area (Å²) in [5.74, 6) is 0. The third kappa shape index (κ3) is 1.22. The van der Waals surface area contributed by atoms with Crippen molar-refractivity contribution >= 4 is 22.0 Å². The van der Waals surface area contributed by atoms with Gasteiger partial charge in [0.2, 0.25) is 0 Å². The molecule has 0 amide bonds. The predicted molar refractivity (Wildman–Crippen MR) is 56.3 cm³/mol. The maximum absolute atomic E-state index is 3.58. The highest BCUT2D eigenvalue weighted by atomic mass is 79.9. The van der Waals surface area contributed by atoms with Crippen LogP contribution >= 0.6 is 15.9 Å². The van der Waals surface area contributed by atoms with Gasteiger partial charge in [0.15, 0.2) is 0 Å². The first-order valence-corrected chi connectivity index (χ1v) is 5.08. The van der Waals surface area contributed by atoms with Crippen molar-refractivity contribution in [1.82, 2.24) is 0 Å². The summed E-state index contributed by atoms with van der Waals surface area (Å²) in [7, 11) is 0. The lowest BCUT2D eigenvalue weighted by Gasteiger charge is -2.05. The Hall–Kier alpha value is -0.560. The van der Waals surface area contributed by atoms with Crippen LogP contribution in [-0.4, -0.2) is 0 Å². The number of halogens is 1. The Bertz CT molecular complexity index is 337. The number of rotatable bonds is 1. The molecule has 1 aromatic carbocycles. The molecule has 1 aliphatic carbocycles. The van der Waals surface area contributed by atoms with Gasteiger partial charge in [-0.25, -0.2) is 0 Å². The normalized spacial score (nSPS) is 13.5. The first-order chi connectivity index (χ1) is 5.81. The highest BCUT2D eigenvalue weighted by Crippen LogP contribution is 2.27. The number of allylic oxidation sites excluding steroid dienone is 1. The average molecular weight is 223 g/mol. The van der Waals surface area contributed by atoms with Crippen LogP contribution in [0.1, 0.15) is 23.6 Å². The van der Waals surface area contributed by atoms with Gasteiger partial charge in [-0.2, -0.15) is 0 Å². The van der Waals surface area contributed by atoms with Gasteiger partial charge in [-0.05, 0) is 35.6 Å². The Morgan fingerprint density at radius 2 is 2.25 bits per heavy atom. The first-order valence-electron chi connectivity index (χ1n) is 4.29. The third-order valence-electron chi connectivity index (χ3n) is 2.32. The highest BCUT2D eigenvalue weighted by molar-refractivity contribution is 9.10. The van der Waals surface area contributed by atoms with Crippen molar-refractivity contribution in [3.63, 3.8) is 0 Å². The maximum atomic E-state index is 3.58. The van der Waals surface area contributed by atoms with Crippen LogP contribution in [0.2, 0.25) is 0 Å². The number of hydrogen-bond acceptors (Lipinski definition) is 0. The lowest BCUT2D eigenvalue weighted by Crippen LogP contribution is -1.88. The minimum Gasteiger partial charge on any atom is -0.0795 e. The summed E-state index contributed by atoms with van der Waals surface area (Å²) in [5, 5.41) is 0. The largest absolute Gasteiger partial charge is 0.0795 e. The molecule has 0 nitrogen and oxygen atoms in total. The van der Waals surface area contributed by atoms with Crippen molar-refractivity contribution < 1.29 is 0 Å². The zero-order chi connectivity index (χ0) is 8.55. The fourth-order valence-electron chi connectivity index (χ4n) is 1.59. The van der Waals surface area contributed by atoms with Crippen LogP contribution in [0.25, 0.3) is 6.08 Å². The van der Waals surface area contributed by atoms with Crippen molar-refractivity contribution in [3.05, 3.63) is 39.4 Å². The molecule has 12 heavy (non-hydrogen) atoms. The number of aryl methyl sites for hydroxylation is 1. The molecule has 0 heterocycles. The van der Waals surface area contributed by atoms with E-state index in [1.54, 1.807) is 0 Å². The average Bonchev–Trinajstić information content (AvgIpc) is 2.49. The van der Waals surface area contributed by atoms with E-state index in [2.05, 4.69) is 47.1 Å². The highest BCUT2D eigenvalue weighted by Gasteiger charge is 2.07. The molecule has 0 radical (unpaired) electrons. The minimum atomic E-state index is 1.10. The van der Waals surface area contributed by atoms with Crippen molar-refractivity contribution in [2.75, 3.05) is 0 Å². The van der Waals surface area contributed by atoms with Crippen molar-refractivity contribution in [1.29, 1.82) is 0 Å². The number of hydrogen-bond donors (Lipinski definition) is 0. The van der Waals surface area contributed by atoms with E-state index in [1.807, 2.05) is 0 Å². The van der Waals surface area contributed by atoms with Crippen molar-refractivity contribution in [3.8, 4) is 0 Å². The quantitative estimate of drug-likeness (QED) is 0.682. The van der Waals surface area contributed by atoms with Crippen LogP contribution in [0.5, 0.6) is 0 Å². The molecule has 0 atom stereocenters. The molecular weight excluding hydrogens is 212 g/mol. The summed E-state index contributed by atoms with van der Waals surface area (Å²) in [5.41, 5.74) is 4.24. The molecule has 0 N–H and O–H groups in total. The SMILES string of the molecule is CCc1cc2c(cc1Br)CC=C2. The second-order valence-electron chi connectivity index (χ2n) is 3.10. The molecular formula is C11H11Br. The van der Waals surface area contributed by atoms with Gasteiger partial charge >= 0.3 is 0 Å². The second kappa shape index (κ2) is 3.06. The van der Waals surface area contributed by atoms with Crippen LogP contribution in [0.3, 0.4) is 0 Å². The monoisotopic (exact) mass is 222 g/mol. The van der Waals surface area contributed by atoms with E-state index in [0.29, 0.717) is 0 Å². The predicted octanol–water partition coefficient (Wildman–Crippen LogP) is 3.58. The minimum absolute atomic E-state index is 1.10. The Labute approximate surface area is 81.4 Å². The summed E-state index contributed by atoms with van der Waals surface area (Å²) in [6.07, 6.45) is 6.62. The van der Waals surface area contributed by atoms with Crippen LogP contribution in [-0.2, 0) is 12.8 Å². The molecule has 0 spiro atoms. The molecule has 0 saturated heterocycles. The van der Waals surface area contributed by atoms with E-state index < -0.39 is 0 Å². The maximum Gasteiger partial charge on any atom is 0.0210 e. The summed E-state index contributed by atoms with van der Waals surface area (Å²) in [6.45, 7) is 2.19. The van der Waals surface area contributed by atoms with Crippen LogP contribution in [0.4, 0.5) is 0 Å². The molecule has 0 bridgehead atoms.